The lowest BCUT2D eigenvalue weighted by atomic mass is 9.78. The zero-order valence-corrected chi connectivity index (χ0v) is 15.5. The lowest BCUT2D eigenvalue weighted by Crippen LogP contribution is -2.28. The Morgan fingerprint density at radius 3 is 2.54 bits per heavy atom. The third-order valence-electron chi connectivity index (χ3n) is 6.07. The highest BCUT2D eigenvalue weighted by molar-refractivity contribution is 7.12. The second kappa shape index (κ2) is 6.29. The van der Waals surface area contributed by atoms with Crippen LogP contribution in [0.1, 0.15) is 77.5 Å². The highest BCUT2D eigenvalue weighted by Gasteiger charge is 2.35. The van der Waals surface area contributed by atoms with E-state index in [1.807, 2.05) is 0 Å². The smallest absolute Gasteiger partial charge is 0.252 e. The van der Waals surface area contributed by atoms with Gasteiger partial charge in [-0.2, -0.15) is 0 Å². The molecule has 4 heteroatoms. The van der Waals surface area contributed by atoms with Gasteiger partial charge in [0.15, 0.2) is 0 Å². The Bertz CT molecular complexity index is 669. The monoisotopic (exact) mass is 345 g/mol. The third-order valence-corrected chi connectivity index (χ3v) is 7.34. The van der Waals surface area contributed by atoms with Crippen LogP contribution in [0.15, 0.2) is 0 Å². The first kappa shape index (κ1) is 16.3. The summed E-state index contributed by atoms with van der Waals surface area (Å²) in [5.74, 6) is 2.37. The fraction of sp³-hybridized carbons (Fsp3) is 0.700. The van der Waals surface area contributed by atoms with E-state index in [0.717, 1.165) is 36.2 Å². The van der Waals surface area contributed by atoms with Gasteiger partial charge in [0, 0.05) is 28.6 Å². The Labute approximate surface area is 148 Å². The lowest BCUT2D eigenvalue weighted by Gasteiger charge is -2.27. The van der Waals surface area contributed by atoms with E-state index in [0.29, 0.717) is 30.0 Å². The van der Waals surface area contributed by atoms with Crippen molar-refractivity contribution >= 4 is 23.0 Å². The van der Waals surface area contributed by atoms with Crippen molar-refractivity contribution in [2.75, 3.05) is 6.54 Å². The van der Waals surface area contributed by atoms with Crippen molar-refractivity contribution in [1.29, 1.82) is 0 Å². The summed E-state index contributed by atoms with van der Waals surface area (Å²) in [6, 6.07) is 0. The summed E-state index contributed by atoms with van der Waals surface area (Å²) in [4.78, 5) is 27.7. The van der Waals surface area contributed by atoms with Gasteiger partial charge in [-0.15, -0.1) is 11.3 Å². The van der Waals surface area contributed by atoms with E-state index in [2.05, 4.69) is 19.2 Å². The van der Waals surface area contributed by atoms with E-state index in [4.69, 9.17) is 0 Å². The Balaban J connectivity index is 1.64. The summed E-state index contributed by atoms with van der Waals surface area (Å²) in [6.45, 7) is 5.33. The van der Waals surface area contributed by atoms with Crippen LogP contribution in [0.25, 0.3) is 0 Å². The second-order valence-corrected chi connectivity index (χ2v) is 9.30. The van der Waals surface area contributed by atoms with Gasteiger partial charge in [0.25, 0.3) is 5.91 Å². The second-order valence-electron chi connectivity index (χ2n) is 8.11. The predicted octanol–water partition coefficient (Wildman–Crippen LogP) is 4.10. The molecule has 0 saturated heterocycles. The predicted molar refractivity (Wildman–Crippen MR) is 96.7 cm³/mol. The molecule has 3 nitrogen and oxygen atoms in total. The summed E-state index contributed by atoms with van der Waals surface area (Å²) >= 11 is 1.74. The Kier molecular flexibility index (Phi) is 4.27. The van der Waals surface area contributed by atoms with Crippen molar-refractivity contribution in [2.45, 2.75) is 64.7 Å². The van der Waals surface area contributed by atoms with Crippen molar-refractivity contribution in [3.8, 4) is 0 Å². The molecular weight excluding hydrogens is 318 g/mol. The molecule has 1 N–H and O–H groups in total. The van der Waals surface area contributed by atoms with Crippen LogP contribution in [0.3, 0.4) is 0 Å². The number of carbonyl (C=O) groups excluding carboxylic acids is 2. The fourth-order valence-corrected chi connectivity index (χ4v) is 5.27. The van der Waals surface area contributed by atoms with Crippen LogP contribution >= 0.6 is 11.3 Å². The summed E-state index contributed by atoms with van der Waals surface area (Å²) in [6.07, 6.45) is 7.28. The van der Waals surface area contributed by atoms with Crippen molar-refractivity contribution < 1.29 is 9.59 Å². The molecule has 2 unspecified atom stereocenters. The Morgan fingerprint density at radius 1 is 1.12 bits per heavy atom. The lowest BCUT2D eigenvalue weighted by molar-refractivity contribution is -0.119. The molecule has 0 bridgehead atoms. The SMILES string of the molecule is CC1CCc2sc(CC(=O)C3CC3)c(C(=O)NCC3CC3)c2C1C. The van der Waals surface area contributed by atoms with Gasteiger partial charge >= 0.3 is 0 Å². The quantitative estimate of drug-likeness (QED) is 0.844. The van der Waals surface area contributed by atoms with Gasteiger partial charge in [0.1, 0.15) is 5.78 Å². The van der Waals surface area contributed by atoms with E-state index >= 15 is 0 Å². The van der Waals surface area contributed by atoms with Gasteiger partial charge in [-0.05, 0) is 61.8 Å². The van der Waals surface area contributed by atoms with Crippen molar-refractivity contribution in [3.63, 3.8) is 0 Å². The number of hydrogen-bond acceptors (Lipinski definition) is 3. The number of rotatable bonds is 6. The van der Waals surface area contributed by atoms with Gasteiger partial charge in [0.05, 0.1) is 5.56 Å². The maximum absolute atomic E-state index is 12.9. The normalized spacial score (nSPS) is 26.1. The summed E-state index contributed by atoms with van der Waals surface area (Å²) < 4.78 is 0. The van der Waals surface area contributed by atoms with E-state index in [1.165, 1.54) is 29.7 Å². The number of aryl methyl sites for hydroxylation is 1. The Hall–Kier alpha value is -1.16. The average Bonchev–Trinajstić information content (AvgIpc) is 3.45. The van der Waals surface area contributed by atoms with Crippen LogP contribution < -0.4 is 5.32 Å². The first-order valence-electron chi connectivity index (χ1n) is 9.50. The van der Waals surface area contributed by atoms with Crippen molar-refractivity contribution in [2.24, 2.45) is 17.8 Å². The standard InChI is InChI=1S/C20H27NO2S/c1-11-3-8-16-18(12(11)2)19(20(23)21-10-13-4-5-13)17(24-16)9-15(22)14-6-7-14/h11-14H,3-10H2,1-2H3,(H,21,23). The van der Waals surface area contributed by atoms with Crippen molar-refractivity contribution in [3.05, 3.63) is 20.9 Å². The number of carbonyl (C=O) groups is 2. The molecule has 24 heavy (non-hydrogen) atoms. The summed E-state index contributed by atoms with van der Waals surface area (Å²) in [7, 11) is 0. The number of ketones is 1. The first-order valence-corrected chi connectivity index (χ1v) is 10.3. The maximum Gasteiger partial charge on any atom is 0.252 e. The molecule has 4 rings (SSSR count). The molecule has 1 heterocycles. The van der Waals surface area contributed by atoms with Crippen LogP contribution in [-0.2, 0) is 17.6 Å². The fourth-order valence-electron chi connectivity index (χ4n) is 3.83. The maximum atomic E-state index is 12.9. The van der Waals surface area contributed by atoms with E-state index in [1.54, 1.807) is 11.3 Å². The number of fused-ring (bicyclic) bond motifs is 1. The summed E-state index contributed by atoms with van der Waals surface area (Å²) in [5, 5.41) is 3.15. The molecular formula is C20H27NO2S. The van der Waals surface area contributed by atoms with Gasteiger partial charge < -0.3 is 5.32 Å². The highest BCUT2D eigenvalue weighted by atomic mass is 32.1. The van der Waals surface area contributed by atoms with Crippen LogP contribution in [-0.4, -0.2) is 18.2 Å². The molecule has 1 aromatic rings. The first-order chi connectivity index (χ1) is 11.5. The average molecular weight is 346 g/mol. The zero-order chi connectivity index (χ0) is 16.8. The van der Waals surface area contributed by atoms with Crippen LogP contribution in [0.4, 0.5) is 0 Å². The zero-order valence-electron chi connectivity index (χ0n) is 14.7. The number of nitrogens with one attached hydrogen (secondary N) is 1. The molecule has 2 fully saturated rings. The molecule has 2 atom stereocenters. The number of thiophene rings is 1. The van der Waals surface area contributed by atoms with Gasteiger partial charge in [-0.3, -0.25) is 9.59 Å². The molecule has 0 spiro atoms. The largest absolute Gasteiger partial charge is 0.352 e. The van der Waals surface area contributed by atoms with Crippen LogP contribution in [0.5, 0.6) is 0 Å². The van der Waals surface area contributed by atoms with Crippen LogP contribution in [0.2, 0.25) is 0 Å². The summed E-state index contributed by atoms with van der Waals surface area (Å²) in [5.41, 5.74) is 2.12. The Morgan fingerprint density at radius 2 is 1.88 bits per heavy atom. The highest BCUT2D eigenvalue weighted by Crippen LogP contribution is 2.44. The molecule has 1 aromatic heterocycles. The molecule has 2 saturated carbocycles. The molecule has 0 radical (unpaired) electrons. The minimum absolute atomic E-state index is 0.0685. The third kappa shape index (κ3) is 3.17. The molecule has 3 aliphatic rings. The number of Topliss-reactive ketones (excluding diaryl/α,β-unsaturated/α-hetero) is 1. The molecule has 0 aromatic carbocycles. The van der Waals surface area contributed by atoms with Crippen molar-refractivity contribution in [1.82, 2.24) is 5.32 Å². The van der Waals surface area contributed by atoms with Gasteiger partial charge in [-0.25, -0.2) is 0 Å². The van der Waals surface area contributed by atoms with E-state index in [-0.39, 0.29) is 11.8 Å². The van der Waals surface area contributed by atoms with Crippen LogP contribution in [0, 0.1) is 17.8 Å². The number of hydrogen-bond donors (Lipinski definition) is 1. The minimum Gasteiger partial charge on any atom is -0.352 e. The molecule has 3 aliphatic carbocycles. The van der Waals surface area contributed by atoms with E-state index in [9.17, 15) is 9.59 Å². The molecule has 0 aliphatic heterocycles. The molecule has 1 amide bonds. The van der Waals surface area contributed by atoms with Gasteiger partial charge in [-0.1, -0.05) is 13.8 Å². The van der Waals surface area contributed by atoms with Gasteiger partial charge in [0.2, 0.25) is 0 Å². The topological polar surface area (TPSA) is 46.2 Å². The molecule has 130 valence electrons. The minimum atomic E-state index is 0.0685. The number of amides is 1. The van der Waals surface area contributed by atoms with E-state index < -0.39 is 0 Å².